The quantitative estimate of drug-likeness (QED) is 0.318. The SMILES string of the molecule is O=C(C1=C(O)C(=O)N(Cc2cccc(C(F)(F)F)c2)C1c1ccncc1)c1cc2cc(Cl)ccc2o1. The number of carbonyl (C=O) groups excluding carboxylic acids is 2. The number of alkyl halides is 3. The molecular weight excluding hydrogens is 497 g/mol. The van der Waals surface area contributed by atoms with E-state index in [4.69, 9.17) is 16.0 Å². The van der Waals surface area contributed by atoms with Crippen LogP contribution in [-0.2, 0) is 17.5 Å². The molecule has 1 aliphatic rings. The Morgan fingerprint density at radius 2 is 1.83 bits per heavy atom. The number of aromatic nitrogens is 1. The van der Waals surface area contributed by atoms with Gasteiger partial charge in [0, 0.05) is 29.3 Å². The maximum atomic E-state index is 13.5. The number of ketones is 1. The molecule has 5 rings (SSSR count). The molecule has 36 heavy (non-hydrogen) atoms. The first kappa shape index (κ1) is 23.6. The van der Waals surface area contributed by atoms with Gasteiger partial charge in [0.15, 0.2) is 11.5 Å². The van der Waals surface area contributed by atoms with E-state index >= 15 is 0 Å². The lowest BCUT2D eigenvalue weighted by Gasteiger charge is -2.27. The summed E-state index contributed by atoms with van der Waals surface area (Å²) in [5, 5.41) is 11.8. The van der Waals surface area contributed by atoms with Gasteiger partial charge in [0.25, 0.3) is 5.91 Å². The summed E-state index contributed by atoms with van der Waals surface area (Å²) in [6, 6.07) is 12.8. The van der Waals surface area contributed by atoms with Gasteiger partial charge in [0.05, 0.1) is 17.2 Å². The second-order valence-electron chi connectivity index (χ2n) is 8.20. The lowest BCUT2D eigenvalue weighted by atomic mass is 9.95. The van der Waals surface area contributed by atoms with Crippen LogP contribution in [0.2, 0.25) is 5.02 Å². The Morgan fingerprint density at radius 1 is 1.08 bits per heavy atom. The Kier molecular flexibility index (Phi) is 5.80. The van der Waals surface area contributed by atoms with Gasteiger partial charge in [-0.3, -0.25) is 14.6 Å². The molecule has 0 radical (unpaired) electrons. The van der Waals surface area contributed by atoms with Gasteiger partial charge in [0.1, 0.15) is 5.58 Å². The van der Waals surface area contributed by atoms with Gasteiger partial charge in [-0.25, -0.2) is 0 Å². The molecule has 182 valence electrons. The second-order valence-corrected chi connectivity index (χ2v) is 8.63. The van der Waals surface area contributed by atoms with Crippen LogP contribution in [0, 0.1) is 0 Å². The summed E-state index contributed by atoms with van der Waals surface area (Å²) in [6.45, 7) is -0.285. The van der Waals surface area contributed by atoms with Crippen molar-refractivity contribution in [3.05, 3.63) is 112 Å². The summed E-state index contributed by atoms with van der Waals surface area (Å²) in [4.78, 5) is 31.7. The first-order valence-corrected chi connectivity index (χ1v) is 11.1. The number of pyridine rings is 1. The van der Waals surface area contributed by atoms with E-state index in [1.54, 1.807) is 30.3 Å². The Hall–Kier alpha value is -4.11. The van der Waals surface area contributed by atoms with Crippen molar-refractivity contribution in [2.24, 2.45) is 0 Å². The van der Waals surface area contributed by atoms with Crippen LogP contribution in [0.15, 0.2) is 88.8 Å². The van der Waals surface area contributed by atoms with Crippen molar-refractivity contribution in [1.82, 2.24) is 9.88 Å². The van der Waals surface area contributed by atoms with Crippen LogP contribution in [0.3, 0.4) is 0 Å². The summed E-state index contributed by atoms with van der Waals surface area (Å²) < 4.78 is 45.3. The van der Waals surface area contributed by atoms with Crippen LogP contribution in [0.4, 0.5) is 13.2 Å². The molecule has 1 unspecified atom stereocenters. The van der Waals surface area contributed by atoms with Gasteiger partial charge < -0.3 is 14.4 Å². The van der Waals surface area contributed by atoms with Crippen LogP contribution in [0.1, 0.15) is 33.3 Å². The highest BCUT2D eigenvalue weighted by Crippen LogP contribution is 2.41. The Bertz CT molecular complexity index is 1530. The van der Waals surface area contributed by atoms with Crippen LogP contribution < -0.4 is 0 Å². The van der Waals surface area contributed by atoms with Crippen molar-refractivity contribution in [1.29, 1.82) is 0 Å². The molecule has 1 aliphatic heterocycles. The highest BCUT2D eigenvalue weighted by atomic mass is 35.5. The fraction of sp³-hybridized carbons (Fsp3) is 0.115. The molecule has 0 bridgehead atoms. The van der Waals surface area contributed by atoms with Crippen molar-refractivity contribution >= 4 is 34.3 Å². The molecule has 0 spiro atoms. The maximum absolute atomic E-state index is 13.5. The fourth-order valence-corrected chi connectivity index (χ4v) is 4.42. The Morgan fingerprint density at radius 3 is 2.56 bits per heavy atom. The van der Waals surface area contributed by atoms with Crippen molar-refractivity contribution < 1.29 is 32.3 Å². The van der Waals surface area contributed by atoms with Crippen molar-refractivity contribution in [3.63, 3.8) is 0 Å². The summed E-state index contributed by atoms with van der Waals surface area (Å²) in [7, 11) is 0. The van der Waals surface area contributed by atoms with E-state index in [0.717, 1.165) is 17.0 Å². The zero-order valence-electron chi connectivity index (χ0n) is 18.3. The number of benzene rings is 2. The van der Waals surface area contributed by atoms with E-state index in [1.165, 1.54) is 30.6 Å². The molecule has 2 aromatic heterocycles. The zero-order valence-corrected chi connectivity index (χ0v) is 19.0. The molecular formula is C26H16ClF3N2O4. The van der Waals surface area contributed by atoms with Crippen LogP contribution in [0.25, 0.3) is 11.0 Å². The van der Waals surface area contributed by atoms with Gasteiger partial charge in [-0.05, 0) is 59.7 Å². The summed E-state index contributed by atoms with van der Waals surface area (Å²) in [6.07, 6.45) is -1.67. The number of aliphatic hydroxyl groups excluding tert-OH is 1. The van der Waals surface area contributed by atoms with E-state index in [1.807, 2.05) is 0 Å². The number of Topliss-reactive ketones (excluding diaryl/α,β-unsaturated/α-hetero) is 1. The molecule has 0 saturated heterocycles. The number of hydrogen-bond acceptors (Lipinski definition) is 5. The van der Waals surface area contributed by atoms with Gasteiger partial charge in [0.2, 0.25) is 5.78 Å². The number of furan rings is 1. The molecule has 6 nitrogen and oxygen atoms in total. The lowest BCUT2D eigenvalue weighted by Crippen LogP contribution is -2.30. The fourth-order valence-electron chi connectivity index (χ4n) is 4.24. The van der Waals surface area contributed by atoms with Gasteiger partial charge in [-0.1, -0.05) is 23.7 Å². The number of halogens is 4. The number of rotatable bonds is 5. The summed E-state index contributed by atoms with van der Waals surface area (Å²) in [5.74, 6) is -2.55. The van der Waals surface area contributed by atoms with E-state index in [-0.39, 0.29) is 23.4 Å². The van der Waals surface area contributed by atoms with Crippen molar-refractivity contribution in [3.8, 4) is 0 Å². The molecule has 10 heteroatoms. The lowest BCUT2D eigenvalue weighted by molar-refractivity contribution is -0.137. The van der Waals surface area contributed by atoms with E-state index in [9.17, 15) is 27.9 Å². The summed E-state index contributed by atoms with van der Waals surface area (Å²) >= 11 is 6.01. The first-order valence-electron chi connectivity index (χ1n) is 10.7. The highest BCUT2D eigenvalue weighted by Gasteiger charge is 2.44. The second kappa shape index (κ2) is 8.83. The third-order valence-corrected chi connectivity index (χ3v) is 6.11. The van der Waals surface area contributed by atoms with Crippen LogP contribution >= 0.6 is 11.6 Å². The molecule has 0 aliphatic carbocycles. The van der Waals surface area contributed by atoms with Gasteiger partial charge in [-0.2, -0.15) is 13.2 Å². The van der Waals surface area contributed by atoms with Crippen LogP contribution in [0.5, 0.6) is 0 Å². The molecule has 2 aromatic carbocycles. The van der Waals surface area contributed by atoms with E-state index in [2.05, 4.69) is 4.98 Å². The third-order valence-electron chi connectivity index (χ3n) is 5.88. The molecule has 1 N–H and O–H groups in total. The number of nitrogens with zero attached hydrogens (tertiary/aromatic N) is 2. The number of fused-ring (bicyclic) bond motifs is 1. The van der Waals surface area contributed by atoms with Crippen LogP contribution in [-0.4, -0.2) is 26.7 Å². The first-order chi connectivity index (χ1) is 17.1. The minimum absolute atomic E-state index is 0.124. The molecule has 1 amide bonds. The standard InChI is InChI=1S/C26H16ClF3N2O4/c27-18-4-5-19-16(11-18)12-20(36-19)23(33)21-22(15-6-8-31-9-7-15)32(25(35)24(21)34)13-14-2-1-3-17(10-14)26(28,29)30/h1-12,22,34H,13H2. The average molecular weight is 513 g/mol. The topological polar surface area (TPSA) is 83.6 Å². The average Bonchev–Trinajstić information content (AvgIpc) is 3.38. The zero-order chi connectivity index (χ0) is 25.6. The maximum Gasteiger partial charge on any atom is 0.416 e. The molecule has 1 atom stereocenters. The Balaban J connectivity index is 1.57. The number of hydrogen-bond donors (Lipinski definition) is 1. The van der Waals surface area contributed by atoms with Crippen molar-refractivity contribution in [2.45, 2.75) is 18.8 Å². The predicted octanol–water partition coefficient (Wildman–Crippen LogP) is 6.28. The van der Waals surface area contributed by atoms with E-state index < -0.39 is 35.2 Å². The largest absolute Gasteiger partial charge is 0.503 e. The van der Waals surface area contributed by atoms with Gasteiger partial charge in [-0.15, -0.1) is 0 Å². The number of amides is 1. The Labute approximate surface area is 207 Å². The third kappa shape index (κ3) is 4.22. The smallest absolute Gasteiger partial charge is 0.416 e. The monoisotopic (exact) mass is 512 g/mol. The predicted molar refractivity (Wildman–Crippen MR) is 124 cm³/mol. The van der Waals surface area contributed by atoms with Crippen molar-refractivity contribution in [2.75, 3.05) is 0 Å². The molecule has 4 aromatic rings. The minimum atomic E-state index is -4.57. The molecule has 0 fully saturated rings. The van der Waals surface area contributed by atoms with E-state index in [0.29, 0.717) is 21.6 Å². The van der Waals surface area contributed by atoms with Gasteiger partial charge >= 0.3 is 6.18 Å². The molecule has 0 saturated carbocycles. The number of aliphatic hydroxyl groups is 1. The summed E-state index contributed by atoms with van der Waals surface area (Å²) in [5.41, 5.74) is -0.118. The minimum Gasteiger partial charge on any atom is -0.503 e. The normalized spacial score (nSPS) is 16.3. The number of carbonyl (C=O) groups is 2. The highest BCUT2D eigenvalue weighted by molar-refractivity contribution is 6.31. The molecule has 3 heterocycles.